The van der Waals surface area contributed by atoms with E-state index in [0.717, 1.165) is 11.3 Å². The van der Waals surface area contributed by atoms with Crippen molar-refractivity contribution < 1.29 is 9.21 Å². The van der Waals surface area contributed by atoms with Crippen molar-refractivity contribution in [2.75, 3.05) is 5.32 Å². The van der Waals surface area contributed by atoms with E-state index in [9.17, 15) is 9.59 Å². The van der Waals surface area contributed by atoms with E-state index in [1.54, 1.807) is 32.2 Å². The minimum absolute atomic E-state index is 0.209. The number of hydrogen-bond acceptors (Lipinski definition) is 7. The van der Waals surface area contributed by atoms with Gasteiger partial charge >= 0.3 is 0 Å². The summed E-state index contributed by atoms with van der Waals surface area (Å²) in [7, 11) is 1.61. The van der Waals surface area contributed by atoms with Gasteiger partial charge in [-0.3, -0.25) is 9.59 Å². The summed E-state index contributed by atoms with van der Waals surface area (Å²) in [5.41, 5.74) is 4.07. The highest BCUT2D eigenvalue weighted by Gasteiger charge is 2.23. The summed E-state index contributed by atoms with van der Waals surface area (Å²) in [5, 5.41) is 7.63. The predicted octanol–water partition coefficient (Wildman–Crippen LogP) is 4.52. The van der Waals surface area contributed by atoms with Crippen molar-refractivity contribution in [1.29, 1.82) is 0 Å². The molecular formula is C23H25N5O3S. The lowest BCUT2D eigenvalue weighted by molar-refractivity contribution is 0.103. The lowest BCUT2D eigenvalue weighted by Gasteiger charge is -2.11. The predicted molar refractivity (Wildman–Crippen MR) is 125 cm³/mol. The third-order valence-corrected chi connectivity index (χ3v) is 6.40. The van der Waals surface area contributed by atoms with Crippen LogP contribution in [0.3, 0.4) is 0 Å². The van der Waals surface area contributed by atoms with Crippen LogP contribution < -0.4 is 10.9 Å². The summed E-state index contributed by atoms with van der Waals surface area (Å²) in [6, 6.07) is 5.36. The zero-order valence-electron chi connectivity index (χ0n) is 19.2. The van der Waals surface area contributed by atoms with Crippen molar-refractivity contribution in [3.8, 4) is 10.6 Å². The molecule has 0 saturated carbocycles. The number of hydrogen-bond donors (Lipinski definition) is 1. The molecule has 0 bridgehead atoms. The Morgan fingerprint density at radius 2 is 1.84 bits per heavy atom. The molecule has 0 aliphatic carbocycles. The molecule has 1 amide bonds. The Balaban J connectivity index is 1.66. The van der Waals surface area contributed by atoms with Crippen LogP contribution in [0.1, 0.15) is 53.3 Å². The molecule has 1 aromatic carbocycles. The minimum Gasteiger partial charge on any atom is -0.440 e. The fourth-order valence-electron chi connectivity index (χ4n) is 3.33. The lowest BCUT2D eigenvalue weighted by Crippen LogP contribution is -2.23. The average molecular weight is 452 g/mol. The largest absolute Gasteiger partial charge is 0.440 e. The first-order valence-corrected chi connectivity index (χ1v) is 11.0. The zero-order valence-corrected chi connectivity index (χ0v) is 20.0. The number of fused-ring (bicyclic) bond motifs is 1. The Kier molecular flexibility index (Phi) is 5.24. The fraction of sp³-hybridized carbons (Fsp3) is 0.348. The van der Waals surface area contributed by atoms with Gasteiger partial charge in [0.15, 0.2) is 5.58 Å². The highest BCUT2D eigenvalue weighted by Crippen LogP contribution is 2.30. The molecule has 0 atom stereocenters. The Bertz CT molecular complexity index is 1420. The Labute approximate surface area is 189 Å². The summed E-state index contributed by atoms with van der Waals surface area (Å²) >= 11 is 1.20. The van der Waals surface area contributed by atoms with E-state index in [2.05, 4.69) is 20.4 Å². The normalized spacial score (nSPS) is 11.8. The van der Waals surface area contributed by atoms with Crippen LogP contribution in [0.15, 0.2) is 27.4 Å². The third-order valence-electron chi connectivity index (χ3n) is 5.23. The summed E-state index contributed by atoms with van der Waals surface area (Å²) < 4.78 is 7.12. The number of anilines is 1. The number of amides is 1. The van der Waals surface area contributed by atoms with Crippen LogP contribution in [0.4, 0.5) is 5.69 Å². The van der Waals surface area contributed by atoms with Crippen molar-refractivity contribution >= 4 is 34.0 Å². The maximum Gasteiger partial charge on any atom is 0.277 e. The van der Waals surface area contributed by atoms with Gasteiger partial charge in [0.25, 0.3) is 11.5 Å². The molecule has 0 radical (unpaired) electrons. The van der Waals surface area contributed by atoms with Gasteiger partial charge in [-0.2, -0.15) is 5.10 Å². The number of rotatable bonds is 3. The van der Waals surface area contributed by atoms with E-state index in [0.29, 0.717) is 43.8 Å². The van der Waals surface area contributed by atoms with Gasteiger partial charge in [-0.05, 0) is 44.5 Å². The van der Waals surface area contributed by atoms with Crippen LogP contribution in [0.5, 0.6) is 0 Å². The molecule has 166 valence electrons. The number of aryl methyl sites for hydroxylation is 3. The van der Waals surface area contributed by atoms with Gasteiger partial charge in [0.05, 0.1) is 17.0 Å². The second-order valence-electron chi connectivity index (χ2n) is 8.85. The summed E-state index contributed by atoms with van der Waals surface area (Å²) in [6.45, 7) is 11.5. The molecule has 0 unspecified atom stereocenters. The molecule has 0 fully saturated rings. The van der Waals surface area contributed by atoms with Crippen LogP contribution in [-0.4, -0.2) is 25.7 Å². The van der Waals surface area contributed by atoms with E-state index in [1.807, 2.05) is 34.6 Å². The molecule has 4 aromatic rings. The highest BCUT2D eigenvalue weighted by molar-refractivity contribution is 7.17. The molecule has 9 heteroatoms. The molecule has 3 aromatic heterocycles. The summed E-state index contributed by atoms with van der Waals surface area (Å²) in [4.78, 5) is 35.2. The molecule has 4 rings (SSSR count). The van der Waals surface area contributed by atoms with E-state index in [4.69, 9.17) is 4.42 Å². The number of nitrogens with one attached hydrogen (secondary N) is 1. The number of carbonyl (C=O) groups excluding carboxylic acids is 1. The van der Waals surface area contributed by atoms with Gasteiger partial charge in [0, 0.05) is 18.2 Å². The topological polar surface area (TPSA) is 103 Å². The van der Waals surface area contributed by atoms with Crippen LogP contribution in [0.25, 0.3) is 21.7 Å². The van der Waals surface area contributed by atoms with E-state index < -0.39 is 0 Å². The van der Waals surface area contributed by atoms with Crippen molar-refractivity contribution in [2.24, 2.45) is 7.05 Å². The second-order valence-corrected chi connectivity index (χ2v) is 9.85. The van der Waals surface area contributed by atoms with Gasteiger partial charge in [-0.15, -0.1) is 11.3 Å². The maximum atomic E-state index is 13.0. The standard InChI is InChI=1S/C23H25N5O3S/c1-11-12(2)27-28(7)21(30)17(11)20-24-13(3)18(32-20)19(29)25-14-8-9-16-15(10-14)26-22(31-16)23(4,5)6/h8-10H,1-7H3,(H,25,29). The van der Waals surface area contributed by atoms with Crippen LogP contribution in [-0.2, 0) is 12.5 Å². The summed E-state index contributed by atoms with van der Waals surface area (Å²) in [5.74, 6) is 0.355. The first kappa shape index (κ1) is 21.9. The number of thiazole rings is 1. The van der Waals surface area contributed by atoms with Crippen LogP contribution in [0, 0.1) is 20.8 Å². The lowest BCUT2D eigenvalue weighted by atomic mass is 9.97. The molecule has 1 N–H and O–H groups in total. The van der Waals surface area contributed by atoms with Gasteiger partial charge in [-0.1, -0.05) is 20.8 Å². The molecule has 8 nitrogen and oxygen atoms in total. The van der Waals surface area contributed by atoms with Crippen molar-refractivity contribution in [1.82, 2.24) is 19.7 Å². The maximum absolute atomic E-state index is 13.0. The quantitative estimate of drug-likeness (QED) is 0.491. The fourth-order valence-corrected chi connectivity index (χ4v) is 4.38. The number of benzene rings is 1. The van der Waals surface area contributed by atoms with Gasteiger partial charge in [0.2, 0.25) is 5.89 Å². The third kappa shape index (κ3) is 3.84. The number of aromatic nitrogens is 4. The molecule has 3 heterocycles. The van der Waals surface area contributed by atoms with E-state index in [1.165, 1.54) is 16.0 Å². The zero-order chi connectivity index (χ0) is 23.4. The number of carbonyl (C=O) groups is 1. The molecule has 0 aliphatic heterocycles. The number of oxazole rings is 1. The smallest absolute Gasteiger partial charge is 0.277 e. The van der Waals surface area contributed by atoms with Crippen molar-refractivity contribution in [3.63, 3.8) is 0 Å². The van der Waals surface area contributed by atoms with Gasteiger partial charge in [-0.25, -0.2) is 14.6 Å². The summed E-state index contributed by atoms with van der Waals surface area (Å²) in [6.07, 6.45) is 0. The second kappa shape index (κ2) is 7.67. The SMILES string of the molecule is Cc1nc(-c2c(C)c(C)nn(C)c2=O)sc1C(=O)Nc1ccc2oc(C(C)(C)C)nc2c1. The molecular weight excluding hydrogens is 426 g/mol. The average Bonchev–Trinajstić information content (AvgIpc) is 3.30. The van der Waals surface area contributed by atoms with E-state index in [-0.39, 0.29) is 16.9 Å². The molecule has 32 heavy (non-hydrogen) atoms. The molecule has 0 spiro atoms. The number of nitrogens with zero attached hydrogens (tertiary/aromatic N) is 4. The molecule has 0 aliphatic rings. The van der Waals surface area contributed by atoms with Gasteiger partial charge in [0.1, 0.15) is 15.4 Å². The molecule has 0 saturated heterocycles. The van der Waals surface area contributed by atoms with Crippen molar-refractivity contribution in [3.05, 3.63) is 56.3 Å². The Hall–Kier alpha value is -3.33. The monoisotopic (exact) mass is 451 g/mol. The van der Waals surface area contributed by atoms with E-state index >= 15 is 0 Å². The first-order chi connectivity index (χ1) is 15.0. The highest BCUT2D eigenvalue weighted by atomic mass is 32.1. The van der Waals surface area contributed by atoms with Crippen LogP contribution in [0.2, 0.25) is 0 Å². The minimum atomic E-state index is -0.287. The van der Waals surface area contributed by atoms with Crippen molar-refractivity contribution in [2.45, 2.75) is 47.0 Å². The van der Waals surface area contributed by atoms with Gasteiger partial charge < -0.3 is 9.73 Å². The van der Waals surface area contributed by atoms with Crippen LogP contribution >= 0.6 is 11.3 Å². The Morgan fingerprint density at radius 1 is 1.12 bits per heavy atom. The first-order valence-electron chi connectivity index (χ1n) is 10.2. The Morgan fingerprint density at radius 3 is 2.53 bits per heavy atom.